The maximum Gasteiger partial charge on any atom is 0.314 e. The van der Waals surface area contributed by atoms with Crippen molar-refractivity contribution in [3.8, 4) is 5.75 Å². The van der Waals surface area contributed by atoms with Gasteiger partial charge in [0, 0.05) is 12.4 Å². The average Bonchev–Trinajstić information content (AvgIpc) is 2.27. The molecule has 0 aromatic carbocycles. The van der Waals surface area contributed by atoms with Gasteiger partial charge in [-0.2, -0.15) is 0 Å². The Kier molecular flexibility index (Phi) is 3.66. The molecule has 1 heterocycles. The molecule has 0 atom stereocenters. The molecule has 0 fully saturated rings. The number of hydrogen-bond acceptors (Lipinski definition) is 4. The fourth-order valence-electron chi connectivity index (χ4n) is 1.03. The van der Waals surface area contributed by atoms with Crippen molar-refractivity contribution in [1.29, 1.82) is 0 Å². The summed E-state index contributed by atoms with van der Waals surface area (Å²) < 4.78 is 10.1. The van der Waals surface area contributed by atoms with Crippen LogP contribution in [-0.4, -0.2) is 24.7 Å². The summed E-state index contributed by atoms with van der Waals surface area (Å²) in [6.07, 6.45) is 3.28. The monoisotopic (exact) mass is 209 g/mol. The van der Waals surface area contributed by atoms with Crippen LogP contribution in [-0.2, 0) is 9.53 Å². The van der Waals surface area contributed by atoms with E-state index in [4.69, 9.17) is 4.74 Å². The van der Waals surface area contributed by atoms with Crippen molar-refractivity contribution < 1.29 is 14.3 Å². The Morgan fingerprint density at radius 3 is 2.53 bits per heavy atom. The van der Waals surface area contributed by atoms with Crippen molar-refractivity contribution >= 4 is 5.97 Å². The average molecular weight is 209 g/mol. The summed E-state index contributed by atoms with van der Waals surface area (Å²) in [7, 11) is 1.37. The van der Waals surface area contributed by atoms with E-state index >= 15 is 0 Å². The van der Waals surface area contributed by atoms with E-state index in [1.54, 1.807) is 38.4 Å². The van der Waals surface area contributed by atoms with Crippen molar-refractivity contribution in [3.63, 3.8) is 0 Å². The van der Waals surface area contributed by atoms with E-state index in [-0.39, 0.29) is 12.6 Å². The first-order valence-electron chi connectivity index (χ1n) is 4.67. The molecule has 0 N–H and O–H groups in total. The number of esters is 1. The van der Waals surface area contributed by atoms with Crippen LogP contribution in [0, 0.1) is 5.41 Å². The number of hydrogen-bond donors (Lipinski definition) is 0. The third-order valence-electron chi connectivity index (χ3n) is 1.99. The molecule has 4 nitrogen and oxygen atoms in total. The number of aromatic nitrogens is 1. The molecule has 0 saturated carbocycles. The summed E-state index contributed by atoms with van der Waals surface area (Å²) in [4.78, 5) is 15.2. The quantitative estimate of drug-likeness (QED) is 0.707. The number of pyridine rings is 1. The van der Waals surface area contributed by atoms with Crippen molar-refractivity contribution in [1.82, 2.24) is 4.98 Å². The smallest absolute Gasteiger partial charge is 0.314 e. The Balaban J connectivity index is 2.53. The number of nitrogens with zero attached hydrogens (tertiary/aromatic N) is 1. The lowest BCUT2D eigenvalue weighted by Crippen LogP contribution is -2.32. The first kappa shape index (κ1) is 11.5. The lowest BCUT2D eigenvalue weighted by molar-refractivity contribution is -0.152. The largest absolute Gasteiger partial charge is 0.492 e. The van der Waals surface area contributed by atoms with Gasteiger partial charge in [0.25, 0.3) is 0 Å². The topological polar surface area (TPSA) is 48.4 Å². The molecule has 0 unspecified atom stereocenters. The number of rotatable bonds is 4. The highest BCUT2D eigenvalue weighted by Crippen LogP contribution is 2.19. The molecular weight excluding hydrogens is 194 g/mol. The van der Waals surface area contributed by atoms with E-state index in [0.717, 1.165) is 0 Å². The summed E-state index contributed by atoms with van der Waals surface area (Å²) in [5, 5.41) is 0. The standard InChI is InChI=1S/C11H15NO3/c1-11(2,10(13)14-3)8-15-9-4-6-12-7-5-9/h4-7H,8H2,1-3H3. The Hall–Kier alpha value is -1.58. The molecule has 1 rings (SSSR count). The van der Waals surface area contributed by atoms with Gasteiger partial charge in [-0.1, -0.05) is 0 Å². The van der Waals surface area contributed by atoms with Gasteiger partial charge >= 0.3 is 5.97 Å². The van der Waals surface area contributed by atoms with Crippen LogP contribution in [0.15, 0.2) is 24.5 Å². The normalized spacial score (nSPS) is 10.9. The number of methoxy groups -OCH3 is 1. The fraction of sp³-hybridized carbons (Fsp3) is 0.455. The Morgan fingerprint density at radius 2 is 2.00 bits per heavy atom. The Bertz CT molecular complexity index is 322. The van der Waals surface area contributed by atoms with Crippen LogP contribution < -0.4 is 4.74 Å². The van der Waals surface area contributed by atoms with Crippen molar-refractivity contribution in [2.45, 2.75) is 13.8 Å². The minimum atomic E-state index is -0.641. The van der Waals surface area contributed by atoms with Gasteiger partial charge in [-0.3, -0.25) is 9.78 Å². The molecule has 15 heavy (non-hydrogen) atoms. The number of carbonyl (C=O) groups is 1. The molecule has 1 aromatic rings. The molecule has 0 saturated heterocycles. The van der Waals surface area contributed by atoms with Crippen LogP contribution in [0.5, 0.6) is 5.75 Å². The van der Waals surface area contributed by atoms with Crippen molar-refractivity contribution in [2.24, 2.45) is 5.41 Å². The highest BCUT2D eigenvalue weighted by Gasteiger charge is 2.29. The molecule has 0 spiro atoms. The molecule has 0 aliphatic heterocycles. The highest BCUT2D eigenvalue weighted by atomic mass is 16.5. The summed E-state index contributed by atoms with van der Waals surface area (Å²) >= 11 is 0. The fourth-order valence-corrected chi connectivity index (χ4v) is 1.03. The minimum absolute atomic E-state index is 0.281. The van der Waals surface area contributed by atoms with E-state index < -0.39 is 5.41 Å². The zero-order chi connectivity index (χ0) is 11.3. The highest BCUT2D eigenvalue weighted by molar-refractivity contribution is 5.75. The molecule has 1 aromatic heterocycles. The van der Waals surface area contributed by atoms with Crippen LogP contribution in [0.3, 0.4) is 0 Å². The maximum atomic E-state index is 11.3. The van der Waals surface area contributed by atoms with Crippen LogP contribution in [0.25, 0.3) is 0 Å². The van der Waals surface area contributed by atoms with E-state index in [2.05, 4.69) is 9.72 Å². The number of ether oxygens (including phenoxy) is 2. The van der Waals surface area contributed by atoms with Crippen molar-refractivity contribution in [3.05, 3.63) is 24.5 Å². The van der Waals surface area contributed by atoms with Gasteiger partial charge in [-0.25, -0.2) is 0 Å². The van der Waals surface area contributed by atoms with Gasteiger partial charge in [0.2, 0.25) is 0 Å². The maximum absolute atomic E-state index is 11.3. The first-order valence-corrected chi connectivity index (χ1v) is 4.67. The van der Waals surface area contributed by atoms with E-state index in [0.29, 0.717) is 5.75 Å². The lowest BCUT2D eigenvalue weighted by Gasteiger charge is -2.21. The SMILES string of the molecule is COC(=O)C(C)(C)COc1ccncc1. The van der Waals surface area contributed by atoms with Gasteiger partial charge in [-0.15, -0.1) is 0 Å². The van der Waals surface area contributed by atoms with Gasteiger partial charge in [0.15, 0.2) is 0 Å². The van der Waals surface area contributed by atoms with Crippen LogP contribution in [0.4, 0.5) is 0 Å². The summed E-state index contributed by atoms with van der Waals surface area (Å²) in [5.41, 5.74) is -0.641. The zero-order valence-corrected chi connectivity index (χ0v) is 9.19. The Labute approximate surface area is 89.2 Å². The molecule has 4 heteroatoms. The van der Waals surface area contributed by atoms with Crippen LogP contribution in [0.1, 0.15) is 13.8 Å². The third kappa shape index (κ3) is 3.23. The van der Waals surface area contributed by atoms with Crippen LogP contribution in [0.2, 0.25) is 0 Å². The second kappa shape index (κ2) is 4.77. The van der Waals surface area contributed by atoms with E-state index in [1.165, 1.54) is 7.11 Å². The summed E-state index contributed by atoms with van der Waals surface area (Å²) in [6.45, 7) is 3.84. The minimum Gasteiger partial charge on any atom is -0.492 e. The predicted octanol–water partition coefficient (Wildman–Crippen LogP) is 1.66. The molecule has 0 aliphatic carbocycles. The third-order valence-corrected chi connectivity index (χ3v) is 1.99. The van der Waals surface area contributed by atoms with Gasteiger partial charge in [0.1, 0.15) is 12.4 Å². The first-order chi connectivity index (χ1) is 7.06. The van der Waals surface area contributed by atoms with Gasteiger partial charge in [0.05, 0.1) is 12.5 Å². The van der Waals surface area contributed by atoms with E-state index in [1.807, 2.05) is 0 Å². The molecule has 82 valence electrons. The van der Waals surface area contributed by atoms with Gasteiger partial charge < -0.3 is 9.47 Å². The number of carbonyl (C=O) groups excluding carboxylic acids is 1. The molecule has 0 radical (unpaired) electrons. The predicted molar refractivity (Wildman–Crippen MR) is 55.5 cm³/mol. The second-order valence-corrected chi connectivity index (χ2v) is 3.85. The molecule has 0 aliphatic rings. The molecular formula is C11H15NO3. The zero-order valence-electron chi connectivity index (χ0n) is 9.19. The van der Waals surface area contributed by atoms with Gasteiger partial charge in [-0.05, 0) is 26.0 Å². The van der Waals surface area contributed by atoms with Crippen molar-refractivity contribution in [2.75, 3.05) is 13.7 Å². The van der Waals surface area contributed by atoms with Crippen LogP contribution >= 0.6 is 0 Å². The molecule has 0 bridgehead atoms. The summed E-state index contributed by atoms with van der Waals surface area (Å²) in [6, 6.07) is 3.49. The molecule has 0 amide bonds. The Morgan fingerprint density at radius 1 is 1.40 bits per heavy atom. The second-order valence-electron chi connectivity index (χ2n) is 3.85. The summed E-state index contributed by atoms with van der Waals surface area (Å²) in [5.74, 6) is 0.415. The lowest BCUT2D eigenvalue weighted by atomic mass is 9.95. The van der Waals surface area contributed by atoms with E-state index in [9.17, 15) is 4.79 Å².